The van der Waals surface area contributed by atoms with Gasteiger partial charge in [0.25, 0.3) is 0 Å². The Morgan fingerprint density at radius 3 is 2.13 bits per heavy atom. The molecule has 0 aromatic heterocycles. The number of esters is 3. The molecule has 1 aliphatic heterocycles. The van der Waals surface area contributed by atoms with Crippen LogP contribution in [-0.2, 0) is 23.8 Å². The number of anilines is 1. The van der Waals surface area contributed by atoms with Crippen molar-refractivity contribution < 1.29 is 28.6 Å². The molecule has 204 valence electrons. The highest BCUT2D eigenvalue weighted by molar-refractivity contribution is 6.06. The second-order valence-electron chi connectivity index (χ2n) is 8.93. The van der Waals surface area contributed by atoms with E-state index in [1.54, 1.807) is 42.5 Å². The molecule has 9 heteroatoms. The lowest BCUT2D eigenvalue weighted by atomic mass is 9.81. The van der Waals surface area contributed by atoms with E-state index in [4.69, 9.17) is 19.9 Å². The molecule has 2 N–H and O–H groups in total. The number of methoxy groups -OCH3 is 2. The smallest absolute Gasteiger partial charge is 0.355 e. The molecule has 0 saturated heterocycles. The van der Waals surface area contributed by atoms with Crippen LogP contribution >= 0.6 is 0 Å². The molecule has 2 aromatic carbocycles. The number of carbonyl (C=O) groups is 3. The van der Waals surface area contributed by atoms with E-state index < -0.39 is 23.8 Å². The summed E-state index contributed by atoms with van der Waals surface area (Å²) in [5, 5.41) is 10.1. The monoisotopic (exact) mass is 531 g/mol. The number of rotatable bonds is 11. The van der Waals surface area contributed by atoms with Crippen LogP contribution < -0.4 is 10.6 Å². The molecule has 1 atom stereocenters. The lowest BCUT2D eigenvalue weighted by molar-refractivity contribution is -0.139. The maximum atomic E-state index is 13.1. The van der Waals surface area contributed by atoms with Crippen molar-refractivity contribution in [3.05, 3.63) is 88.4 Å². The Balaban J connectivity index is 2.02. The SMILES string of the molecule is CCCCCCCOC(=O)c1ccc(N2C(N)=C(C#N)C(c3ccccc3)C(C(=O)OC)=C2C(=O)OC)cc1. The van der Waals surface area contributed by atoms with Crippen molar-refractivity contribution in [2.45, 2.75) is 44.9 Å². The Bertz CT molecular complexity index is 1290. The first-order valence-corrected chi connectivity index (χ1v) is 12.8. The number of unbranched alkanes of at least 4 members (excludes halogenated alkanes) is 4. The molecule has 0 saturated carbocycles. The molecule has 39 heavy (non-hydrogen) atoms. The summed E-state index contributed by atoms with van der Waals surface area (Å²) in [6.45, 7) is 2.47. The van der Waals surface area contributed by atoms with E-state index in [1.807, 2.05) is 0 Å². The van der Waals surface area contributed by atoms with Gasteiger partial charge in [-0.25, -0.2) is 14.4 Å². The molecule has 9 nitrogen and oxygen atoms in total. The van der Waals surface area contributed by atoms with Crippen molar-refractivity contribution >= 4 is 23.6 Å². The third-order valence-corrected chi connectivity index (χ3v) is 6.45. The molecule has 1 heterocycles. The van der Waals surface area contributed by atoms with E-state index in [9.17, 15) is 19.6 Å². The lowest BCUT2D eigenvalue weighted by Crippen LogP contribution is -2.40. The van der Waals surface area contributed by atoms with E-state index in [0.717, 1.165) is 32.1 Å². The van der Waals surface area contributed by atoms with Gasteiger partial charge < -0.3 is 19.9 Å². The average Bonchev–Trinajstić information content (AvgIpc) is 2.97. The fraction of sp³-hybridized carbons (Fsp3) is 0.333. The third-order valence-electron chi connectivity index (χ3n) is 6.45. The molecule has 1 unspecified atom stereocenters. The number of ether oxygens (including phenoxy) is 3. The normalized spacial score (nSPS) is 15.0. The predicted molar refractivity (Wildman–Crippen MR) is 145 cm³/mol. The minimum absolute atomic E-state index is 0.0539. The van der Waals surface area contributed by atoms with Gasteiger partial charge in [0.2, 0.25) is 0 Å². The Labute approximate surface area is 228 Å². The second-order valence-corrected chi connectivity index (χ2v) is 8.93. The van der Waals surface area contributed by atoms with Crippen LogP contribution in [0.2, 0.25) is 0 Å². The number of nitriles is 1. The molecule has 0 radical (unpaired) electrons. The molecule has 0 fully saturated rings. The maximum Gasteiger partial charge on any atom is 0.355 e. The highest BCUT2D eigenvalue weighted by Gasteiger charge is 2.43. The minimum Gasteiger partial charge on any atom is -0.466 e. The van der Waals surface area contributed by atoms with Gasteiger partial charge in [0.15, 0.2) is 0 Å². The molecule has 2 aromatic rings. The number of carbonyl (C=O) groups excluding carboxylic acids is 3. The quantitative estimate of drug-likeness (QED) is 0.249. The van der Waals surface area contributed by atoms with Crippen LogP contribution in [0.4, 0.5) is 5.69 Å². The van der Waals surface area contributed by atoms with Gasteiger partial charge in [0.05, 0.1) is 49.5 Å². The Morgan fingerprint density at radius 1 is 0.897 bits per heavy atom. The number of benzene rings is 2. The maximum absolute atomic E-state index is 13.1. The van der Waals surface area contributed by atoms with Crippen molar-refractivity contribution in [1.29, 1.82) is 5.26 Å². The Kier molecular flexibility index (Phi) is 10.3. The van der Waals surface area contributed by atoms with Gasteiger partial charge in [0, 0.05) is 5.69 Å². The largest absolute Gasteiger partial charge is 0.466 e. The van der Waals surface area contributed by atoms with Crippen LogP contribution in [0.3, 0.4) is 0 Å². The van der Waals surface area contributed by atoms with Gasteiger partial charge in [-0.1, -0.05) is 62.9 Å². The summed E-state index contributed by atoms with van der Waals surface area (Å²) >= 11 is 0. The van der Waals surface area contributed by atoms with E-state index in [1.165, 1.54) is 31.3 Å². The Hall–Kier alpha value is -4.58. The first-order valence-electron chi connectivity index (χ1n) is 12.8. The third kappa shape index (κ3) is 6.47. The van der Waals surface area contributed by atoms with E-state index in [0.29, 0.717) is 23.4 Å². The van der Waals surface area contributed by atoms with Crippen molar-refractivity contribution in [2.24, 2.45) is 5.73 Å². The van der Waals surface area contributed by atoms with Crippen molar-refractivity contribution in [3.63, 3.8) is 0 Å². The molecule has 0 aliphatic carbocycles. The van der Waals surface area contributed by atoms with Crippen molar-refractivity contribution in [2.75, 3.05) is 25.7 Å². The van der Waals surface area contributed by atoms with Crippen LogP contribution in [0.25, 0.3) is 0 Å². The van der Waals surface area contributed by atoms with Gasteiger partial charge in [-0.2, -0.15) is 5.26 Å². The summed E-state index contributed by atoms with van der Waals surface area (Å²) in [5.74, 6) is -3.14. The summed E-state index contributed by atoms with van der Waals surface area (Å²) in [7, 11) is 2.37. The lowest BCUT2D eigenvalue weighted by Gasteiger charge is -2.35. The van der Waals surface area contributed by atoms with Crippen molar-refractivity contribution in [3.8, 4) is 6.07 Å². The number of nitrogens with zero attached hydrogens (tertiary/aromatic N) is 2. The molecule has 0 amide bonds. The van der Waals surface area contributed by atoms with Crippen molar-refractivity contribution in [1.82, 2.24) is 0 Å². The standard InChI is InChI=1S/C30H33N3O6/c1-4-5-6-7-11-18-39-28(34)21-14-16-22(17-15-21)33-26(30(36)38-3)25(29(35)37-2)24(23(19-31)27(33)32)20-12-9-8-10-13-20/h8-10,12-17,24H,4-7,11,18,32H2,1-3H3. The zero-order valence-corrected chi connectivity index (χ0v) is 22.4. The highest BCUT2D eigenvalue weighted by Crippen LogP contribution is 2.43. The number of nitrogens with two attached hydrogens (primary N) is 1. The highest BCUT2D eigenvalue weighted by atomic mass is 16.5. The molecular formula is C30H33N3O6. The molecule has 0 spiro atoms. The van der Waals surface area contributed by atoms with Gasteiger partial charge in [-0.15, -0.1) is 0 Å². The van der Waals surface area contributed by atoms with E-state index in [-0.39, 0.29) is 22.7 Å². The molecule has 0 bridgehead atoms. The topological polar surface area (TPSA) is 132 Å². The van der Waals surface area contributed by atoms with E-state index in [2.05, 4.69) is 13.0 Å². The minimum atomic E-state index is -0.958. The summed E-state index contributed by atoms with van der Waals surface area (Å²) in [5.41, 5.74) is 7.50. The number of hydrogen-bond acceptors (Lipinski definition) is 9. The van der Waals surface area contributed by atoms with Crippen LogP contribution in [-0.4, -0.2) is 38.7 Å². The van der Waals surface area contributed by atoms with Gasteiger partial charge >= 0.3 is 17.9 Å². The number of hydrogen-bond donors (Lipinski definition) is 1. The van der Waals surface area contributed by atoms with Crippen LogP contribution in [0.15, 0.2) is 77.3 Å². The van der Waals surface area contributed by atoms with Gasteiger partial charge in [-0.05, 0) is 36.2 Å². The zero-order chi connectivity index (χ0) is 28.4. The van der Waals surface area contributed by atoms with Crippen LogP contribution in [0.5, 0.6) is 0 Å². The fourth-order valence-corrected chi connectivity index (χ4v) is 4.48. The molecule has 1 aliphatic rings. The van der Waals surface area contributed by atoms with Gasteiger partial charge in [-0.3, -0.25) is 4.90 Å². The second kappa shape index (κ2) is 13.8. The predicted octanol–water partition coefficient (Wildman–Crippen LogP) is 4.71. The summed E-state index contributed by atoms with van der Waals surface area (Å²) in [4.78, 5) is 40.0. The summed E-state index contributed by atoms with van der Waals surface area (Å²) in [6, 6.07) is 17.0. The summed E-state index contributed by atoms with van der Waals surface area (Å²) in [6.07, 6.45) is 5.19. The average molecular weight is 532 g/mol. The molecular weight excluding hydrogens is 498 g/mol. The van der Waals surface area contributed by atoms with Gasteiger partial charge in [0.1, 0.15) is 11.5 Å². The van der Waals surface area contributed by atoms with Crippen LogP contribution in [0.1, 0.15) is 60.9 Å². The summed E-state index contributed by atoms with van der Waals surface area (Å²) < 4.78 is 15.4. The Morgan fingerprint density at radius 2 is 1.54 bits per heavy atom. The van der Waals surface area contributed by atoms with Crippen LogP contribution in [0, 0.1) is 11.3 Å². The first-order chi connectivity index (χ1) is 18.9. The number of allylic oxidation sites excluding steroid dienone is 1. The first kappa shape index (κ1) is 29.0. The zero-order valence-electron chi connectivity index (χ0n) is 22.4. The van der Waals surface area contributed by atoms with E-state index >= 15 is 0 Å². The molecule has 3 rings (SSSR count). The fourth-order valence-electron chi connectivity index (χ4n) is 4.48.